The van der Waals surface area contributed by atoms with Crippen LogP contribution in [0.4, 0.5) is 13.2 Å². The summed E-state index contributed by atoms with van der Waals surface area (Å²) >= 11 is 0. The van der Waals surface area contributed by atoms with E-state index in [0.717, 1.165) is 51.4 Å². The summed E-state index contributed by atoms with van der Waals surface area (Å²) in [7, 11) is 0. The summed E-state index contributed by atoms with van der Waals surface area (Å²) < 4.78 is 38.6. The van der Waals surface area contributed by atoms with Crippen LogP contribution >= 0.6 is 0 Å². The summed E-state index contributed by atoms with van der Waals surface area (Å²) in [6, 6.07) is 0. The van der Waals surface area contributed by atoms with Crippen molar-refractivity contribution in [3.8, 4) is 0 Å². The average Bonchev–Trinajstić information content (AvgIpc) is 2.97. The van der Waals surface area contributed by atoms with Crippen molar-refractivity contribution in [3.05, 3.63) is 0 Å². The Balaban J connectivity index is 1.49. The van der Waals surface area contributed by atoms with Gasteiger partial charge >= 0.3 is 6.18 Å². The Morgan fingerprint density at radius 3 is 2.31 bits per heavy atom. The molecule has 0 heterocycles. The zero-order valence-corrected chi connectivity index (χ0v) is 18.7. The fourth-order valence-corrected chi connectivity index (χ4v) is 8.94. The molecule has 4 aliphatic carbocycles. The van der Waals surface area contributed by atoms with E-state index in [1.807, 2.05) is 0 Å². The lowest BCUT2D eigenvalue weighted by molar-refractivity contribution is -0.157. The Bertz CT molecular complexity index is 603. The van der Waals surface area contributed by atoms with Gasteiger partial charge in [-0.25, -0.2) is 0 Å². The van der Waals surface area contributed by atoms with Crippen molar-refractivity contribution in [1.82, 2.24) is 0 Å². The highest BCUT2D eigenvalue weighted by Crippen LogP contribution is 2.68. The van der Waals surface area contributed by atoms with E-state index in [1.54, 1.807) is 0 Å². The number of hydrogen-bond donors (Lipinski definition) is 1. The van der Waals surface area contributed by atoms with E-state index in [9.17, 15) is 18.3 Å². The third kappa shape index (κ3) is 3.78. The maximum absolute atomic E-state index is 12.9. The fourth-order valence-electron chi connectivity index (χ4n) is 8.94. The molecule has 0 radical (unpaired) electrons. The number of rotatable bonds is 4. The third-order valence-electron chi connectivity index (χ3n) is 10.5. The lowest BCUT2D eigenvalue weighted by atomic mass is 9.43. The first-order chi connectivity index (χ1) is 13.5. The molecule has 0 aliphatic heterocycles. The van der Waals surface area contributed by atoms with Crippen LogP contribution in [0.5, 0.6) is 0 Å². The van der Waals surface area contributed by atoms with Gasteiger partial charge in [0, 0.05) is 6.42 Å². The maximum Gasteiger partial charge on any atom is 0.389 e. The van der Waals surface area contributed by atoms with E-state index in [1.165, 1.54) is 19.3 Å². The molecule has 168 valence electrons. The molecule has 4 aliphatic rings. The van der Waals surface area contributed by atoms with Crippen molar-refractivity contribution < 1.29 is 18.3 Å². The molecule has 0 spiro atoms. The van der Waals surface area contributed by atoms with Crippen LogP contribution in [0.1, 0.15) is 104 Å². The van der Waals surface area contributed by atoms with Gasteiger partial charge in [0.25, 0.3) is 0 Å². The van der Waals surface area contributed by atoms with E-state index >= 15 is 0 Å². The molecule has 0 saturated heterocycles. The quantitative estimate of drug-likeness (QED) is 0.504. The minimum Gasteiger partial charge on any atom is -0.390 e. The molecule has 4 rings (SSSR count). The second-order valence-electron chi connectivity index (χ2n) is 11.8. The molecule has 4 saturated carbocycles. The van der Waals surface area contributed by atoms with Crippen LogP contribution in [0.3, 0.4) is 0 Å². The number of halogens is 3. The molecule has 1 N–H and O–H groups in total. The summed E-state index contributed by atoms with van der Waals surface area (Å²) in [6.45, 7) is 7.00. The van der Waals surface area contributed by atoms with Gasteiger partial charge in [-0.3, -0.25) is 0 Å². The largest absolute Gasteiger partial charge is 0.390 e. The summed E-state index contributed by atoms with van der Waals surface area (Å²) in [5.74, 6) is 2.91. The van der Waals surface area contributed by atoms with Crippen LogP contribution in [0, 0.1) is 40.4 Å². The number of alkyl halides is 3. The lowest BCUT2D eigenvalue weighted by Gasteiger charge is -2.62. The molecule has 4 heteroatoms. The summed E-state index contributed by atoms with van der Waals surface area (Å²) in [4.78, 5) is 0. The number of hydrogen-bond acceptors (Lipinski definition) is 1. The normalized spacial score (nSPS) is 50.0. The first-order valence-corrected chi connectivity index (χ1v) is 12.3. The van der Waals surface area contributed by atoms with Crippen molar-refractivity contribution in [2.24, 2.45) is 40.4 Å². The van der Waals surface area contributed by atoms with E-state index in [2.05, 4.69) is 20.8 Å². The van der Waals surface area contributed by atoms with Crippen molar-refractivity contribution in [1.29, 1.82) is 0 Å². The summed E-state index contributed by atoms with van der Waals surface area (Å²) in [5.41, 5.74) is -0.00745. The topological polar surface area (TPSA) is 20.2 Å². The predicted molar refractivity (Wildman–Crippen MR) is 110 cm³/mol. The molecule has 0 aromatic rings. The summed E-state index contributed by atoms with van der Waals surface area (Å²) in [6.07, 6.45) is 7.61. The molecular formula is C25H41F3O. The third-order valence-corrected chi connectivity index (χ3v) is 10.5. The molecule has 8 unspecified atom stereocenters. The minimum atomic E-state index is -4.02. The molecule has 1 nitrogen and oxygen atoms in total. The number of aliphatic hydroxyl groups is 1. The Kier molecular flexibility index (Phi) is 5.62. The smallest absolute Gasteiger partial charge is 0.389 e. The predicted octanol–water partition coefficient (Wildman–Crippen LogP) is 7.52. The van der Waals surface area contributed by atoms with E-state index in [-0.39, 0.29) is 11.3 Å². The standard InChI is InChI=1S/C25H41F3O/c1-4-11-24(29)15-14-23(3)18(16-24)5-7-19-20-8-6-17(9-13-25(26,27)28)22(20,2)12-10-21(19)23/h17-21,29H,4-16H2,1-3H3. The SMILES string of the molecule is CCCC1(O)CCC2(C)C(CCC3C4CCC(CCC(F)(F)F)C4(C)CCC32)C1. The van der Waals surface area contributed by atoms with Gasteiger partial charge < -0.3 is 5.11 Å². The highest BCUT2D eigenvalue weighted by Gasteiger charge is 2.61. The van der Waals surface area contributed by atoms with Crippen LogP contribution in [0.2, 0.25) is 0 Å². The Hall–Kier alpha value is -0.250. The summed E-state index contributed by atoms with van der Waals surface area (Å²) in [5, 5.41) is 11.1. The minimum absolute atomic E-state index is 0.118. The van der Waals surface area contributed by atoms with Gasteiger partial charge in [0.15, 0.2) is 0 Å². The van der Waals surface area contributed by atoms with Gasteiger partial charge in [-0.15, -0.1) is 0 Å². The van der Waals surface area contributed by atoms with E-state index in [0.29, 0.717) is 35.5 Å². The first-order valence-electron chi connectivity index (χ1n) is 12.3. The van der Waals surface area contributed by atoms with Gasteiger partial charge in [0.2, 0.25) is 0 Å². The Morgan fingerprint density at radius 2 is 1.62 bits per heavy atom. The fraction of sp³-hybridized carbons (Fsp3) is 1.00. The zero-order chi connectivity index (χ0) is 21.1. The molecule has 0 bridgehead atoms. The molecule has 29 heavy (non-hydrogen) atoms. The van der Waals surface area contributed by atoms with E-state index in [4.69, 9.17) is 0 Å². The molecule has 0 aromatic heterocycles. The Labute approximate surface area is 175 Å². The molecular weight excluding hydrogens is 373 g/mol. The monoisotopic (exact) mass is 414 g/mol. The van der Waals surface area contributed by atoms with Crippen LogP contribution in [0.25, 0.3) is 0 Å². The van der Waals surface area contributed by atoms with Gasteiger partial charge in [0.05, 0.1) is 5.60 Å². The van der Waals surface area contributed by atoms with Crippen LogP contribution in [-0.2, 0) is 0 Å². The number of fused-ring (bicyclic) bond motifs is 5. The van der Waals surface area contributed by atoms with Crippen LogP contribution in [-0.4, -0.2) is 16.9 Å². The van der Waals surface area contributed by atoms with Crippen molar-refractivity contribution in [3.63, 3.8) is 0 Å². The van der Waals surface area contributed by atoms with E-state index < -0.39 is 18.2 Å². The van der Waals surface area contributed by atoms with Crippen LogP contribution < -0.4 is 0 Å². The highest BCUT2D eigenvalue weighted by atomic mass is 19.4. The van der Waals surface area contributed by atoms with Crippen molar-refractivity contribution in [2.45, 2.75) is 116 Å². The zero-order valence-electron chi connectivity index (χ0n) is 18.7. The van der Waals surface area contributed by atoms with Crippen molar-refractivity contribution in [2.75, 3.05) is 0 Å². The van der Waals surface area contributed by atoms with Gasteiger partial charge in [0.1, 0.15) is 0 Å². The van der Waals surface area contributed by atoms with Crippen LogP contribution in [0.15, 0.2) is 0 Å². The average molecular weight is 415 g/mol. The molecule has 8 atom stereocenters. The second-order valence-corrected chi connectivity index (χ2v) is 11.8. The lowest BCUT2D eigenvalue weighted by Crippen LogP contribution is -2.55. The highest BCUT2D eigenvalue weighted by molar-refractivity contribution is 5.10. The molecule has 0 amide bonds. The molecule has 0 aromatic carbocycles. The van der Waals surface area contributed by atoms with Gasteiger partial charge in [-0.1, -0.05) is 27.2 Å². The molecule has 4 fully saturated rings. The van der Waals surface area contributed by atoms with Gasteiger partial charge in [-0.05, 0) is 111 Å². The Morgan fingerprint density at radius 1 is 0.897 bits per heavy atom. The maximum atomic E-state index is 12.9. The van der Waals surface area contributed by atoms with Crippen molar-refractivity contribution >= 4 is 0 Å². The second kappa shape index (κ2) is 7.41. The van der Waals surface area contributed by atoms with Gasteiger partial charge in [-0.2, -0.15) is 13.2 Å². The first kappa shape index (κ1) is 22.0.